The van der Waals surface area contributed by atoms with Gasteiger partial charge in [0.2, 0.25) is 0 Å². The molecular formula is C37H24NOS. The van der Waals surface area contributed by atoms with Crippen LogP contribution in [-0.2, 0) is 0 Å². The lowest BCUT2D eigenvalue weighted by atomic mass is 9.81. The first-order valence-corrected chi connectivity index (χ1v) is 14.4. The topological polar surface area (TPSA) is 26.0 Å². The van der Waals surface area contributed by atoms with Crippen molar-refractivity contribution in [1.29, 1.82) is 0 Å². The lowest BCUT2D eigenvalue weighted by Gasteiger charge is -2.22. The number of fused-ring (bicyclic) bond motifs is 4. The number of furan rings is 1. The summed E-state index contributed by atoms with van der Waals surface area (Å²) in [5.74, 6) is 0.987. The summed E-state index contributed by atoms with van der Waals surface area (Å²) in [6.07, 6.45) is 3.62. The van der Waals surface area contributed by atoms with Crippen LogP contribution in [-0.4, -0.2) is 4.98 Å². The molecule has 0 atom stereocenters. The molecule has 7 aromatic rings. The van der Waals surface area contributed by atoms with Crippen molar-refractivity contribution in [2.45, 2.75) is 12.8 Å². The van der Waals surface area contributed by atoms with E-state index in [1.165, 1.54) is 38.8 Å². The molecule has 0 aliphatic heterocycles. The van der Waals surface area contributed by atoms with Gasteiger partial charge >= 0.3 is 0 Å². The highest BCUT2D eigenvalue weighted by molar-refractivity contribution is 7.13. The van der Waals surface area contributed by atoms with Crippen LogP contribution < -0.4 is 0 Å². The van der Waals surface area contributed by atoms with Crippen LogP contribution in [0.15, 0.2) is 125 Å². The predicted molar refractivity (Wildman–Crippen MR) is 165 cm³/mol. The van der Waals surface area contributed by atoms with E-state index in [1.807, 2.05) is 24.4 Å². The Morgan fingerprint density at radius 2 is 1.50 bits per heavy atom. The zero-order chi connectivity index (χ0) is 26.6. The first kappa shape index (κ1) is 23.2. The van der Waals surface area contributed by atoms with Gasteiger partial charge in [0.15, 0.2) is 0 Å². The number of thiophene rings is 1. The molecule has 2 nitrogen and oxygen atoms in total. The minimum atomic E-state index is 0.164. The first-order valence-electron chi connectivity index (χ1n) is 13.5. The van der Waals surface area contributed by atoms with Crippen LogP contribution in [0.3, 0.4) is 0 Å². The molecule has 0 saturated heterocycles. The van der Waals surface area contributed by atoms with E-state index in [0.717, 1.165) is 38.4 Å². The van der Waals surface area contributed by atoms with Gasteiger partial charge in [0.25, 0.3) is 0 Å². The number of pyridine rings is 1. The van der Waals surface area contributed by atoms with E-state index in [4.69, 9.17) is 9.40 Å². The van der Waals surface area contributed by atoms with E-state index < -0.39 is 0 Å². The Bertz CT molecular complexity index is 1960. The van der Waals surface area contributed by atoms with Crippen LogP contribution in [0.2, 0.25) is 0 Å². The third kappa shape index (κ3) is 3.45. The molecule has 0 N–H and O–H groups in total. The summed E-state index contributed by atoms with van der Waals surface area (Å²) in [7, 11) is 0. The second-order valence-corrected chi connectivity index (χ2v) is 11.2. The number of hydrogen-bond acceptors (Lipinski definition) is 3. The van der Waals surface area contributed by atoms with Crippen LogP contribution in [0.1, 0.15) is 28.2 Å². The van der Waals surface area contributed by atoms with E-state index in [2.05, 4.69) is 103 Å². The van der Waals surface area contributed by atoms with Gasteiger partial charge in [-0.2, -0.15) is 0 Å². The largest absolute Gasteiger partial charge is 0.464 e. The minimum absolute atomic E-state index is 0.164. The van der Waals surface area contributed by atoms with Gasteiger partial charge in [0.1, 0.15) is 5.76 Å². The van der Waals surface area contributed by atoms with Crippen molar-refractivity contribution in [1.82, 2.24) is 4.98 Å². The molecule has 3 heteroatoms. The predicted octanol–water partition coefficient (Wildman–Crippen LogP) is 10.2. The van der Waals surface area contributed by atoms with E-state index >= 15 is 0 Å². The number of aryl methyl sites for hydroxylation is 1. The molecule has 4 aromatic carbocycles. The first-order chi connectivity index (χ1) is 19.8. The van der Waals surface area contributed by atoms with Crippen LogP contribution in [0.4, 0.5) is 0 Å². The molecule has 0 unspecified atom stereocenters. The molecule has 189 valence electrons. The van der Waals surface area contributed by atoms with Crippen molar-refractivity contribution in [2.24, 2.45) is 0 Å². The highest BCUT2D eigenvalue weighted by Crippen LogP contribution is 2.51. The Balaban J connectivity index is 1.49. The van der Waals surface area contributed by atoms with Crippen LogP contribution in [0.25, 0.3) is 54.9 Å². The summed E-state index contributed by atoms with van der Waals surface area (Å²) in [5, 5.41) is 4.37. The molecule has 0 amide bonds. The third-order valence-corrected chi connectivity index (χ3v) is 9.00. The highest BCUT2D eigenvalue weighted by Gasteiger charge is 2.31. The van der Waals surface area contributed by atoms with Crippen LogP contribution in [0, 0.1) is 13.0 Å². The third-order valence-electron chi connectivity index (χ3n) is 8.12. The summed E-state index contributed by atoms with van der Waals surface area (Å²) < 4.78 is 6.09. The number of rotatable bonds is 4. The summed E-state index contributed by atoms with van der Waals surface area (Å²) >= 11 is 1.72. The average Bonchev–Trinajstić information content (AvgIpc) is 3.78. The summed E-state index contributed by atoms with van der Waals surface area (Å²) in [4.78, 5) is 6.04. The quantitative estimate of drug-likeness (QED) is 0.226. The monoisotopic (exact) mass is 530 g/mol. The van der Waals surface area contributed by atoms with Crippen molar-refractivity contribution >= 4 is 22.1 Å². The van der Waals surface area contributed by atoms with Crippen molar-refractivity contribution < 1.29 is 4.42 Å². The SMILES string of the molecule is Cc1c(C2c3ccccc3-c3ccccc32)ccc2[c]c(-c3cccs3)c(-c3ccco3)c(-c3ccccn3)c12. The zero-order valence-electron chi connectivity index (χ0n) is 21.9. The van der Waals surface area contributed by atoms with Gasteiger partial charge in [0.05, 0.1) is 12.0 Å². The number of nitrogens with zero attached hydrogens (tertiary/aromatic N) is 1. The second kappa shape index (κ2) is 9.18. The Kier molecular flexibility index (Phi) is 5.32. The van der Waals surface area contributed by atoms with Gasteiger partial charge in [-0.25, -0.2) is 0 Å². The number of benzene rings is 4. The molecular weight excluding hydrogens is 506 g/mol. The van der Waals surface area contributed by atoms with Gasteiger partial charge in [-0.15, -0.1) is 11.3 Å². The number of aromatic nitrogens is 1. The van der Waals surface area contributed by atoms with Crippen molar-refractivity contribution in [3.63, 3.8) is 0 Å². The highest BCUT2D eigenvalue weighted by atomic mass is 32.1. The zero-order valence-corrected chi connectivity index (χ0v) is 22.7. The van der Waals surface area contributed by atoms with Crippen molar-refractivity contribution in [3.8, 4) is 44.1 Å². The molecule has 40 heavy (non-hydrogen) atoms. The average molecular weight is 531 g/mol. The molecule has 0 bridgehead atoms. The Hall–Kier alpha value is -4.73. The molecule has 3 aromatic heterocycles. The molecule has 1 aliphatic rings. The van der Waals surface area contributed by atoms with Gasteiger partial charge < -0.3 is 4.42 Å². The summed E-state index contributed by atoms with van der Waals surface area (Å²) in [6, 6.07) is 40.4. The summed E-state index contributed by atoms with van der Waals surface area (Å²) in [6.45, 7) is 2.26. The molecule has 1 aliphatic carbocycles. The van der Waals surface area contributed by atoms with Crippen LogP contribution >= 0.6 is 11.3 Å². The molecule has 1 radical (unpaired) electrons. The molecule has 0 fully saturated rings. The lowest BCUT2D eigenvalue weighted by molar-refractivity contribution is 0.583. The molecule has 3 heterocycles. The van der Waals surface area contributed by atoms with E-state index in [0.29, 0.717) is 0 Å². The van der Waals surface area contributed by atoms with Crippen molar-refractivity contribution in [3.05, 3.63) is 149 Å². The van der Waals surface area contributed by atoms with E-state index in [1.54, 1.807) is 17.6 Å². The Morgan fingerprint density at radius 3 is 2.17 bits per heavy atom. The van der Waals surface area contributed by atoms with E-state index in [-0.39, 0.29) is 5.92 Å². The fourth-order valence-electron chi connectivity index (χ4n) is 6.44. The fourth-order valence-corrected chi connectivity index (χ4v) is 7.18. The number of hydrogen-bond donors (Lipinski definition) is 0. The van der Waals surface area contributed by atoms with Gasteiger partial charge in [-0.3, -0.25) is 4.98 Å². The summed E-state index contributed by atoms with van der Waals surface area (Å²) in [5.41, 5.74) is 12.0. The van der Waals surface area contributed by atoms with E-state index in [9.17, 15) is 0 Å². The normalized spacial score (nSPS) is 12.5. The maximum absolute atomic E-state index is 6.09. The standard InChI is InChI=1S/C37H24NOS/c1-23-25(35-28-12-4-2-10-26(28)27-11-3-5-13-29(27)35)18-17-24-22-30(33-16-9-21-40-33)36(32-15-8-20-39-32)37(34(23)24)31-14-6-7-19-38-31/h2-21,35H,1H3. The second-order valence-electron chi connectivity index (χ2n) is 10.2. The minimum Gasteiger partial charge on any atom is -0.464 e. The Labute approximate surface area is 237 Å². The fraction of sp³-hybridized carbons (Fsp3) is 0.0541. The van der Waals surface area contributed by atoms with Gasteiger partial charge in [-0.05, 0) is 86.8 Å². The maximum atomic E-state index is 6.09. The maximum Gasteiger partial charge on any atom is 0.135 e. The Morgan fingerprint density at radius 1 is 0.725 bits per heavy atom. The van der Waals surface area contributed by atoms with Crippen LogP contribution in [0.5, 0.6) is 0 Å². The van der Waals surface area contributed by atoms with Gasteiger partial charge in [0, 0.05) is 39.7 Å². The molecule has 0 saturated carbocycles. The molecule has 0 spiro atoms. The lowest BCUT2D eigenvalue weighted by Crippen LogP contribution is -2.04. The van der Waals surface area contributed by atoms with Gasteiger partial charge in [-0.1, -0.05) is 72.8 Å². The molecule has 8 rings (SSSR count). The van der Waals surface area contributed by atoms with Crippen molar-refractivity contribution in [2.75, 3.05) is 0 Å². The smallest absolute Gasteiger partial charge is 0.135 e.